The summed E-state index contributed by atoms with van der Waals surface area (Å²) in [6.45, 7) is 2.88. The highest BCUT2D eigenvalue weighted by Gasteiger charge is 2.16. The summed E-state index contributed by atoms with van der Waals surface area (Å²) in [6, 6.07) is 11.3. The number of ether oxygens (including phenoxy) is 1. The highest BCUT2D eigenvalue weighted by Crippen LogP contribution is 2.29. The van der Waals surface area contributed by atoms with Gasteiger partial charge in [-0.2, -0.15) is 0 Å². The van der Waals surface area contributed by atoms with Gasteiger partial charge in [-0.3, -0.25) is 9.78 Å². The van der Waals surface area contributed by atoms with Crippen molar-refractivity contribution in [2.45, 2.75) is 39.0 Å². The number of unbranched alkanes of at least 4 members (excludes halogenated alkanes) is 3. The Morgan fingerprint density at radius 2 is 2.07 bits per heavy atom. The largest absolute Gasteiger partial charge is 0.493 e. The Bertz CT molecular complexity index is 928. The van der Waals surface area contributed by atoms with Crippen LogP contribution >= 0.6 is 22.9 Å². The molecule has 0 unspecified atom stereocenters. The molecule has 0 saturated carbocycles. The van der Waals surface area contributed by atoms with Crippen molar-refractivity contribution in [1.29, 1.82) is 0 Å². The van der Waals surface area contributed by atoms with Crippen LogP contribution in [0.25, 0.3) is 0 Å². The van der Waals surface area contributed by atoms with Crippen LogP contribution in [0.3, 0.4) is 0 Å². The molecule has 0 aliphatic heterocycles. The van der Waals surface area contributed by atoms with Crippen molar-refractivity contribution in [3.05, 3.63) is 75.2 Å². The Hall–Kier alpha value is -2.37. The highest BCUT2D eigenvalue weighted by molar-refractivity contribution is 7.12. The number of benzene rings is 1. The molecule has 1 amide bonds. The van der Waals surface area contributed by atoms with E-state index in [1.807, 2.05) is 35.7 Å². The van der Waals surface area contributed by atoms with Gasteiger partial charge >= 0.3 is 0 Å². The molecule has 0 aliphatic rings. The van der Waals surface area contributed by atoms with Crippen molar-refractivity contribution in [3.8, 4) is 5.75 Å². The van der Waals surface area contributed by atoms with Crippen LogP contribution in [0, 0.1) is 0 Å². The van der Waals surface area contributed by atoms with Crippen LogP contribution in [0.2, 0.25) is 5.02 Å². The number of aromatic nitrogens is 1. The highest BCUT2D eigenvalue weighted by atomic mass is 35.5. The van der Waals surface area contributed by atoms with E-state index in [0.717, 1.165) is 23.3 Å². The van der Waals surface area contributed by atoms with Gasteiger partial charge in [-0.05, 0) is 53.8 Å². The van der Waals surface area contributed by atoms with Crippen LogP contribution in [0.4, 0.5) is 5.69 Å². The Kier molecular flexibility index (Phi) is 8.08. The number of rotatable bonds is 10. The van der Waals surface area contributed by atoms with Gasteiger partial charge in [0.25, 0.3) is 5.91 Å². The normalized spacial score (nSPS) is 10.7. The van der Waals surface area contributed by atoms with Crippen molar-refractivity contribution >= 4 is 34.5 Å². The van der Waals surface area contributed by atoms with E-state index in [1.54, 1.807) is 18.5 Å². The SMILES string of the molecule is CCCCCCOc1ccc(Cl)cc1Cc1ccsc1C(=O)Nc1cccnc1. The number of nitrogens with one attached hydrogen (secondary N) is 1. The molecular formula is C23H25ClN2O2S. The lowest BCUT2D eigenvalue weighted by molar-refractivity contribution is 0.103. The third kappa shape index (κ3) is 6.31. The maximum absolute atomic E-state index is 12.7. The Labute approximate surface area is 180 Å². The van der Waals surface area contributed by atoms with Crippen LogP contribution in [0.1, 0.15) is 53.4 Å². The van der Waals surface area contributed by atoms with Gasteiger partial charge in [0.15, 0.2) is 0 Å². The van der Waals surface area contributed by atoms with E-state index in [4.69, 9.17) is 16.3 Å². The molecule has 4 nitrogen and oxygen atoms in total. The number of anilines is 1. The first-order valence-electron chi connectivity index (χ1n) is 9.86. The fourth-order valence-corrected chi connectivity index (χ4v) is 4.05. The number of amides is 1. The van der Waals surface area contributed by atoms with Gasteiger partial charge in [0.2, 0.25) is 0 Å². The predicted molar refractivity (Wildman–Crippen MR) is 120 cm³/mol. The standard InChI is InChI=1S/C23H25ClN2O2S/c1-2-3-4-5-12-28-21-9-8-19(24)15-18(21)14-17-10-13-29-22(17)23(27)26-20-7-6-11-25-16-20/h6-11,13,15-16H,2-5,12,14H2,1H3,(H,26,27). The maximum Gasteiger partial charge on any atom is 0.266 e. The van der Waals surface area contributed by atoms with E-state index in [-0.39, 0.29) is 5.91 Å². The summed E-state index contributed by atoms with van der Waals surface area (Å²) in [5.41, 5.74) is 2.62. The number of nitrogens with zero attached hydrogens (tertiary/aromatic N) is 1. The molecule has 0 atom stereocenters. The summed E-state index contributed by atoms with van der Waals surface area (Å²) in [5.74, 6) is 0.697. The lowest BCUT2D eigenvalue weighted by Gasteiger charge is -2.13. The van der Waals surface area contributed by atoms with Gasteiger partial charge in [-0.1, -0.05) is 37.8 Å². The number of carbonyl (C=O) groups is 1. The molecule has 2 heterocycles. The molecule has 0 radical (unpaired) electrons. The minimum absolute atomic E-state index is 0.132. The van der Waals surface area contributed by atoms with Gasteiger partial charge in [0, 0.05) is 23.2 Å². The summed E-state index contributed by atoms with van der Waals surface area (Å²) in [5, 5.41) is 5.50. The molecule has 6 heteroatoms. The fraction of sp³-hybridized carbons (Fsp3) is 0.304. The van der Waals surface area contributed by atoms with Gasteiger partial charge in [0.1, 0.15) is 5.75 Å². The van der Waals surface area contributed by atoms with Crippen LogP contribution in [-0.2, 0) is 6.42 Å². The second-order valence-electron chi connectivity index (χ2n) is 6.81. The lowest BCUT2D eigenvalue weighted by atomic mass is 10.0. The fourth-order valence-electron chi connectivity index (χ4n) is 3.04. The zero-order valence-electron chi connectivity index (χ0n) is 16.5. The molecule has 0 bridgehead atoms. The molecular weight excluding hydrogens is 404 g/mol. The van der Waals surface area contributed by atoms with E-state index < -0.39 is 0 Å². The maximum atomic E-state index is 12.7. The Balaban J connectivity index is 1.71. The monoisotopic (exact) mass is 428 g/mol. The molecule has 3 aromatic rings. The molecule has 0 saturated heterocycles. The van der Waals surface area contributed by atoms with Crippen LogP contribution in [-0.4, -0.2) is 17.5 Å². The molecule has 1 aromatic carbocycles. The molecule has 2 aromatic heterocycles. The van der Waals surface area contributed by atoms with Crippen LogP contribution < -0.4 is 10.1 Å². The zero-order chi connectivity index (χ0) is 20.5. The van der Waals surface area contributed by atoms with Gasteiger partial charge in [-0.25, -0.2) is 0 Å². The molecule has 0 spiro atoms. The van der Waals surface area contributed by atoms with Gasteiger partial charge in [-0.15, -0.1) is 11.3 Å². The number of hydrogen-bond acceptors (Lipinski definition) is 4. The second kappa shape index (κ2) is 11.0. The van der Waals surface area contributed by atoms with Crippen molar-refractivity contribution < 1.29 is 9.53 Å². The quantitative estimate of drug-likeness (QED) is 0.370. The lowest BCUT2D eigenvalue weighted by Crippen LogP contribution is -2.12. The van der Waals surface area contributed by atoms with Crippen molar-refractivity contribution in [3.63, 3.8) is 0 Å². The average molecular weight is 429 g/mol. The van der Waals surface area contributed by atoms with Crippen LogP contribution in [0.5, 0.6) is 5.75 Å². The molecule has 1 N–H and O–H groups in total. The number of pyridine rings is 1. The van der Waals surface area contributed by atoms with Crippen molar-refractivity contribution in [2.24, 2.45) is 0 Å². The molecule has 152 valence electrons. The number of carbonyl (C=O) groups excluding carboxylic acids is 1. The summed E-state index contributed by atoms with van der Waals surface area (Å²) in [6.07, 6.45) is 8.52. The summed E-state index contributed by atoms with van der Waals surface area (Å²) in [4.78, 5) is 17.4. The molecule has 3 rings (SSSR count). The number of halogens is 1. The van der Waals surface area contributed by atoms with Gasteiger partial charge < -0.3 is 10.1 Å². The second-order valence-corrected chi connectivity index (χ2v) is 8.16. The van der Waals surface area contributed by atoms with E-state index in [9.17, 15) is 4.79 Å². The third-order valence-corrected chi connectivity index (χ3v) is 5.72. The van der Waals surface area contributed by atoms with E-state index in [1.165, 1.54) is 30.6 Å². The summed E-state index contributed by atoms with van der Waals surface area (Å²) >= 11 is 7.66. The van der Waals surface area contributed by atoms with E-state index in [0.29, 0.717) is 28.6 Å². The molecule has 0 fully saturated rings. The average Bonchev–Trinajstić information content (AvgIpc) is 3.18. The van der Waals surface area contributed by atoms with Gasteiger partial charge in [0.05, 0.1) is 23.4 Å². The molecule has 0 aliphatic carbocycles. The van der Waals surface area contributed by atoms with Crippen LogP contribution in [0.15, 0.2) is 54.2 Å². The summed E-state index contributed by atoms with van der Waals surface area (Å²) < 4.78 is 6.02. The first kappa shape index (κ1) is 21.3. The first-order valence-corrected chi connectivity index (χ1v) is 11.1. The molecule has 29 heavy (non-hydrogen) atoms. The Morgan fingerprint density at radius 1 is 1.17 bits per heavy atom. The minimum Gasteiger partial charge on any atom is -0.493 e. The van der Waals surface area contributed by atoms with Crippen molar-refractivity contribution in [2.75, 3.05) is 11.9 Å². The number of hydrogen-bond donors (Lipinski definition) is 1. The minimum atomic E-state index is -0.132. The summed E-state index contributed by atoms with van der Waals surface area (Å²) in [7, 11) is 0. The van der Waals surface area contributed by atoms with E-state index >= 15 is 0 Å². The Morgan fingerprint density at radius 3 is 2.86 bits per heavy atom. The first-order chi connectivity index (χ1) is 14.2. The smallest absolute Gasteiger partial charge is 0.266 e. The predicted octanol–water partition coefficient (Wildman–Crippen LogP) is 6.60. The number of thiophene rings is 1. The third-order valence-electron chi connectivity index (χ3n) is 4.53. The van der Waals surface area contributed by atoms with E-state index in [2.05, 4.69) is 17.2 Å². The topological polar surface area (TPSA) is 51.2 Å². The van der Waals surface area contributed by atoms with Crippen molar-refractivity contribution in [1.82, 2.24) is 4.98 Å². The zero-order valence-corrected chi connectivity index (χ0v) is 18.1.